The Morgan fingerprint density at radius 3 is 2.76 bits per heavy atom. The summed E-state index contributed by atoms with van der Waals surface area (Å²) in [6.45, 7) is 8.31. The number of nitrogens with zero attached hydrogens (tertiary/aromatic N) is 5. The molecular formula is C26H38N6O2. The van der Waals surface area contributed by atoms with Crippen molar-refractivity contribution in [3.63, 3.8) is 0 Å². The maximum atomic E-state index is 12.9. The number of amides is 1. The molecular weight excluding hydrogens is 428 g/mol. The molecule has 0 aliphatic carbocycles. The summed E-state index contributed by atoms with van der Waals surface area (Å²) in [6.07, 6.45) is 6.60. The molecule has 8 nitrogen and oxygen atoms in total. The second-order valence-corrected chi connectivity index (χ2v) is 9.25. The Bertz CT molecular complexity index is 931. The monoisotopic (exact) mass is 466 g/mol. The van der Waals surface area contributed by atoms with Gasteiger partial charge in [0.1, 0.15) is 23.7 Å². The molecule has 184 valence electrons. The van der Waals surface area contributed by atoms with Crippen molar-refractivity contribution in [2.45, 2.75) is 39.0 Å². The standard InChI is InChI=1S/C26H38N6O2/c1-3-11-27-24-18-25(29-20-28-24)32-12-5-6-21(19-32)9-10-26(33)31-15-13-30(14-16-31)22-7-4-8-23(17-22)34-2/h4,7-8,17-18,20-21H,3,5-6,9-16,19H2,1-2H3,(H,27,28,29)/t21-/m0/s1. The Kier molecular flexibility index (Phi) is 8.44. The number of benzene rings is 1. The van der Waals surface area contributed by atoms with E-state index in [4.69, 9.17) is 4.74 Å². The normalized spacial score (nSPS) is 18.6. The average molecular weight is 467 g/mol. The van der Waals surface area contributed by atoms with Crippen molar-refractivity contribution >= 4 is 23.2 Å². The minimum atomic E-state index is 0.288. The minimum absolute atomic E-state index is 0.288. The summed E-state index contributed by atoms with van der Waals surface area (Å²) >= 11 is 0. The molecule has 2 saturated heterocycles. The summed E-state index contributed by atoms with van der Waals surface area (Å²) in [6, 6.07) is 10.2. The largest absolute Gasteiger partial charge is 0.497 e. The molecule has 8 heteroatoms. The molecule has 1 N–H and O–H groups in total. The number of rotatable bonds is 9. The van der Waals surface area contributed by atoms with Crippen LogP contribution >= 0.6 is 0 Å². The van der Waals surface area contributed by atoms with E-state index in [1.165, 1.54) is 6.42 Å². The van der Waals surface area contributed by atoms with Gasteiger partial charge in [0.2, 0.25) is 5.91 Å². The molecule has 2 fully saturated rings. The predicted octanol–water partition coefficient (Wildman–Crippen LogP) is 3.65. The quantitative estimate of drug-likeness (QED) is 0.605. The van der Waals surface area contributed by atoms with Crippen LogP contribution in [0.15, 0.2) is 36.7 Å². The van der Waals surface area contributed by atoms with Gasteiger partial charge in [-0.25, -0.2) is 9.97 Å². The van der Waals surface area contributed by atoms with Crippen molar-refractivity contribution in [1.82, 2.24) is 14.9 Å². The highest BCUT2D eigenvalue weighted by Gasteiger charge is 2.25. The van der Waals surface area contributed by atoms with E-state index >= 15 is 0 Å². The number of hydrogen-bond donors (Lipinski definition) is 1. The van der Waals surface area contributed by atoms with Crippen molar-refractivity contribution in [2.24, 2.45) is 5.92 Å². The summed E-state index contributed by atoms with van der Waals surface area (Å²) < 4.78 is 5.35. The maximum absolute atomic E-state index is 12.9. The maximum Gasteiger partial charge on any atom is 0.222 e. The number of hydrogen-bond acceptors (Lipinski definition) is 7. The molecule has 2 aliphatic heterocycles. The molecule has 3 heterocycles. The van der Waals surface area contributed by atoms with E-state index in [9.17, 15) is 4.79 Å². The van der Waals surface area contributed by atoms with Crippen LogP contribution < -0.4 is 19.9 Å². The molecule has 0 bridgehead atoms. The van der Waals surface area contributed by atoms with Gasteiger partial charge in [0, 0.05) is 70.1 Å². The van der Waals surface area contributed by atoms with Crippen LogP contribution in [-0.2, 0) is 4.79 Å². The van der Waals surface area contributed by atoms with Gasteiger partial charge in [0.25, 0.3) is 0 Å². The molecule has 1 atom stereocenters. The number of carbonyl (C=O) groups excluding carboxylic acids is 1. The fourth-order valence-corrected chi connectivity index (χ4v) is 4.89. The van der Waals surface area contributed by atoms with Gasteiger partial charge in [-0.15, -0.1) is 0 Å². The molecule has 2 aromatic rings. The molecule has 1 amide bonds. The fraction of sp³-hybridized carbons (Fsp3) is 0.577. The summed E-state index contributed by atoms with van der Waals surface area (Å²) in [5.41, 5.74) is 1.16. The number of aromatic nitrogens is 2. The number of nitrogens with one attached hydrogen (secondary N) is 1. The Morgan fingerprint density at radius 1 is 1.12 bits per heavy atom. The van der Waals surface area contributed by atoms with Crippen LogP contribution in [0.5, 0.6) is 5.75 Å². The summed E-state index contributed by atoms with van der Waals surface area (Å²) in [7, 11) is 1.69. The van der Waals surface area contributed by atoms with Crippen molar-refractivity contribution < 1.29 is 9.53 Å². The van der Waals surface area contributed by atoms with Crippen molar-refractivity contribution in [1.29, 1.82) is 0 Å². The van der Waals surface area contributed by atoms with Crippen molar-refractivity contribution in [3.8, 4) is 5.75 Å². The first-order chi connectivity index (χ1) is 16.7. The lowest BCUT2D eigenvalue weighted by Gasteiger charge is -2.37. The van der Waals surface area contributed by atoms with Crippen LogP contribution in [-0.4, -0.2) is 73.7 Å². The van der Waals surface area contributed by atoms with Crippen LogP contribution in [0.2, 0.25) is 0 Å². The zero-order valence-electron chi connectivity index (χ0n) is 20.6. The molecule has 0 radical (unpaired) electrons. The first-order valence-corrected chi connectivity index (χ1v) is 12.6. The van der Waals surface area contributed by atoms with Crippen LogP contribution in [0, 0.1) is 5.92 Å². The van der Waals surface area contributed by atoms with Gasteiger partial charge < -0.3 is 24.8 Å². The zero-order chi connectivity index (χ0) is 23.8. The van der Waals surface area contributed by atoms with Crippen molar-refractivity contribution in [3.05, 3.63) is 36.7 Å². The van der Waals surface area contributed by atoms with Gasteiger partial charge in [-0.2, -0.15) is 0 Å². The molecule has 34 heavy (non-hydrogen) atoms. The van der Waals surface area contributed by atoms with Gasteiger partial charge in [0.15, 0.2) is 0 Å². The number of methoxy groups -OCH3 is 1. The minimum Gasteiger partial charge on any atom is -0.497 e. The lowest BCUT2D eigenvalue weighted by atomic mass is 9.93. The van der Waals surface area contributed by atoms with Gasteiger partial charge in [0.05, 0.1) is 7.11 Å². The number of carbonyl (C=O) groups is 1. The second kappa shape index (κ2) is 11.9. The second-order valence-electron chi connectivity index (χ2n) is 9.25. The van der Waals surface area contributed by atoms with Crippen LogP contribution in [0.4, 0.5) is 17.3 Å². The van der Waals surface area contributed by atoms with Crippen LogP contribution in [0.3, 0.4) is 0 Å². The lowest BCUT2D eigenvalue weighted by Crippen LogP contribution is -2.49. The van der Waals surface area contributed by atoms with E-state index < -0.39 is 0 Å². The summed E-state index contributed by atoms with van der Waals surface area (Å²) in [5, 5.41) is 3.34. The van der Waals surface area contributed by atoms with E-state index in [1.807, 2.05) is 23.1 Å². The fourth-order valence-electron chi connectivity index (χ4n) is 4.89. The third-order valence-electron chi connectivity index (χ3n) is 6.87. The first kappa shape index (κ1) is 24.1. The zero-order valence-corrected chi connectivity index (χ0v) is 20.6. The number of ether oxygens (including phenoxy) is 1. The van der Waals surface area contributed by atoms with Crippen LogP contribution in [0.25, 0.3) is 0 Å². The molecule has 1 aromatic carbocycles. The predicted molar refractivity (Wildman–Crippen MR) is 137 cm³/mol. The highest BCUT2D eigenvalue weighted by Crippen LogP contribution is 2.26. The van der Waals surface area contributed by atoms with Gasteiger partial charge in [-0.1, -0.05) is 13.0 Å². The molecule has 2 aliphatic rings. The highest BCUT2D eigenvalue weighted by molar-refractivity contribution is 5.76. The number of piperidine rings is 1. The first-order valence-electron chi connectivity index (χ1n) is 12.6. The Morgan fingerprint density at radius 2 is 1.97 bits per heavy atom. The summed E-state index contributed by atoms with van der Waals surface area (Å²) in [4.78, 5) is 28.5. The SMILES string of the molecule is CCCNc1cc(N2CCC[C@@H](CCC(=O)N3CCN(c4cccc(OC)c4)CC3)C2)ncn1. The van der Waals surface area contributed by atoms with Crippen LogP contribution in [0.1, 0.15) is 39.0 Å². The van der Waals surface area contributed by atoms with E-state index in [0.717, 1.165) is 88.1 Å². The summed E-state index contributed by atoms with van der Waals surface area (Å²) in [5.74, 6) is 3.55. The van der Waals surface area contributed by atoms with Gasteiger partial charge in [-0.05, 0) is 43.7 Å². The Balaban J connectivity index is 1.23. The van der Waals surface area contributed by atoms with Gasteiger partial charge in [-0.3, -0.25) is 4.79 Å². The highest BCUT2D eigenvalue weighted by atomic mass is 16.5. The van der Waals surface area contributed by atoms with Crippen molar-refractivity contribution in [2.75, 3.05) is 68.0 Å². The van der Waals surface area contributed by atoms with E-state index in [1.54, 1.807) is 13.4 Å². The van der Waals surface area contributed by atoms with Gasteiger partial charge >= 0.3 is 0 Å². The average Bonchev–Trinajstić information content (AvgIpc) is 2.91. The van der Waals surface area contributed by atoms with E-state index in [2.05, 4.69) is 44.1 Å². The topological polar surface area (TPSA) is 73.8 Å². The van der Waals surface area contributed by atoms with E-state index in [-0.39, 0.29) is 5.91 Å². The third-order valence-corrected chi connectivity index (χ3v) is 6.87. The number of anilines is 3. The number of piperazine rings is 1. The molecule has 0 saturated carbocycles. The Hall–Kier alpha value is -3.03. The molecule has 1 aromatic heterocycles. The molecule has 4 rings (SSSR count). The molecule has 0 spiro atoms. The molecule has 0 unspecified atom stereocenters. The third kappa shape index (κ3) is 6.30. The smallest absolute Gasteiger partial charge is 0.222 e. The lowest BCUT2D eigenvalue weighted by molar-refractivity contribution is -0.131. The Labute approximate surface area is 203 Å². The van der Waals surface area contributed by atoms with E-state index in [0.29, 0.717) is 12.3 Å².